The van der Waals surface area contributed by atoms with Gasteiger partial charge in [-0.3, -0.25) is 9.48 Å². The fourth-order valence-corrected chi connectivity index (χ4v) is 4.05. The zero-order valence-corrected chi connectivity index (χ0v) is 15.4. The van der Waals surface area contributed by atoms with E-state index >= 15 is 0 Å². The molecule has 5 nitrogen and oxygen atoms in total. The second kappa shape index (κ2) is 7.72. The van der Waals surface area contributed by atoms with Crippen molar-refractivity contribution in [1.82, 2.24) is 20.1 Å². The molecule has 0 aliphatic heterocycles. The number of amides is 1. The van der Waals surface area contributed by atoms with Crippen molar-refractivity contribution in [2.45, 2.75) is 39.3 Å². The summed E-state index contributed by atoms with van der Waals surface area (Å²) < 4.78 is 1.88. The second-order valence-corrected chi connectivity index (χ2v) is 7.63. The highest BCUT2D eigenvalue weighted by atomic mass is 32.1. The molecule has 0 aliphatic carbocycles. The van der Waals surface area contributed by atoms with E-state index in [9.17, 15) is 4.79 Å². The van der Waals surface area contributed by atoms with Crippen LogP contribution in [0, 0.1) is 13.8 Å². The molecule has 1 unspecified atom stereocenters. The highest BCUT2D eigenvalue weighted by molar-refractivity contribution is 7.10. The minimum absolute atomic E-state index is 0.0271. The molecule has 24 heavy (non-hydrogen) atoms. The van der Waals surface area contributed by atoms with Crippen LogP contribution in [0.2, 0.25) is 0 Å². The van der Waals surface area contributed by atoms with Gasteiger partial charge in [-0.25, -0.2) is 4.98 Å². The average molecular weight is 361 g/mol. The summed E-state index contributed by atoms with van der Waals surface area (Å²) in [7, 11) is 0. The van der Waals surface area contributed by atoms with Crippen LogP contribution in [-0.4, -0.2) is 20.7 Å². The van der Waals surface area contributed by atoms with Crippen LogP contribution in [0.3, 0.4) is 0 Å². The first-order valence-electron chi connectivity index (χ1n) is 7.84. The molecule has 1 N–H and O–H groups in total. The average Bonchev–Trinajstić information content (AvgIpc) is 3.27. The fourth-order valence-electron chi connectivity index (χ4n) is 2.61. The SMILES string of the molecule is Cc1cc(C)n(CCC(=O)NC(Cc2cccs2)c2nccs2)n1. The second-order valence-electron chi connectivity index (χ2n) is 5.67. The lowest BCUT2D eigenvalue weighted by molar-refractivity contribution is -0.122. The van der Waals surface area contributed by atoms with Crippen LogP contribution in [0.1, 0.15) is 33.7 Å². The van der Waals surface area contributed by atoms with Crippen molar-refractivity contribution in [1.29, 1.82) is 0 Å². The number of thiazole rings is 1. The van der Waals surface area contributed by atoms with Crippen molar-refractivity contribution in [3.8, 4) is 0 Å². The smallest absolute Gasteiger partial charge is 0.222 e. The molecule has 3 aromatic heterocycles. The van der Waals surface area contributed by atoms with Crippen LogP contribution >= 0.6 is 22.7 Å². The number of carbonyl (C=O) groups is 1. The maximum atomic E-state index is 12.4. The Kier molecular flexibility index (Phi) is 5.42. The Bertz CT molecular complexity index is 778. The molecule has 0 aromatic carbocycles. The molecule has 0 saturated heterocycles. The van der Waals surface area contributed by atoms with Crippen LogP contribution < -0.4 is 5.32 Å². The molecular weight excluding hydrogens is 340 g/mol. The van der Waals surface area contributed by atoms with E-state index in [4.69, 9.17) is 0 Å². The largest absolute Gasteiger partial charge is 0.346 e. The third-order valence-corrected chi connectivity index (χ3v) is 5.51. The highest BCUT2D eigenvalue weighted by Crippen LogP contribution is 2.23. The minimum atomic E-state index is -0.0726. The molecule has 0 spiro atoms. The Morgan fingerprint density at radius 2 is 2.21 bits per heavy atom. The van der Waals surface area contributed by atoms with Gasteiger partial charge in [0.1, 0.15) is 5.01 Å². The number of nitrogens with zero attached hydrogens (tertiary/aromatic N) is 3. The van der Waals surface area contributed by atoms with E-state index in [1.54, 1.807) is 28.9 Å². The quantitative estimate of drug-likeness (QED) is 0.701. The Hall–Kier alpha value is -1.99. The summed E-state index contributed by atoms with van der Waals surface area (Å²) in [6.45, 7) is 4.56. The summed E-state index contributed by atoms with van der Waals surface area (Å²) in [6, 6.07) is 6.07. The summed E-state index contributed by atoms with van der Waals surface area (Å²) in [4.78, 5) is 18.0. The fraction of sp³-hybridized carbons (Fsp3) is 0.353. The number of aromatic nitrogens is 3. The Morgan fingerprint density at radius 1 is 1.33 bits per heavy atom. The topological polar surface area (TPSA) is 59.8 Å². The molecule has 0 radical (unpaired) electrons. The minimum Gasteiger partial charge on any atom is -0.346 e. The van der Waals surface area contributed by atoms with E-state index in [-0.39, 0.29) is 11.9 Å². The van der Waals surface area contributed by atoms with Crippen LogP contribution in [0.25, 0.3) is 0 Å². The van der Waals surface area contributed by atoms with Crippen molar-refractivity contribution in [2.24, 2.45) is 0 Å². The summed E-state index contributed by atoms with van der Waals surface area (Å²) in [6.07, 6.45) is 2.97. The molecule has 3 aromatic rings. The van der Waals surface area contributed by atoms with Crippen molar-refractivity contribution in [3.63, 3.8) is 0 Å². The lowest BCUT2D eigenvalue weighted by atomic mass is 10.2. The van der Waals surface area contributed by atoms with Gasteiger partial charge in [0.25, 0.3) is 0 Å². The number of hydrogen-bond donors (Lipinski definition) is 1. The van der Waals surface area contributed by atoms with Crippen molar-refractivity contribution >= 4 is 28.6 Å². The number of thiophene rings is 1. The lowest BCUT2D eigenvalue weighted by Crippen LogP contribution is -2.30. The van der Waals surface area contributed by atoms with Gasteiger partial charge >= 0.3 is 0 Å². The van der Waals surface area contributed by atoms with E-state index in [0.717, 1.165) is 22.8 Å². The third kappa shape index (κ3) is 4.30. The summed E-state index contributed by atoms with van der Waals surface area (Å²) in [5.41, 5.74) is 2.06. The lowest BCUT2D eigenvalue weighted by Gasteiger charge is -2.16. The number of hydrogen-bond acceptors (Lipinski definition) is 5. The van der Waals surface area contributed by atoms with Crippen molar-refractivity contribution in [3.05, 3.63) is 56.4 Å². The maximum Gasteiger partial charge on any atom is 0.222 e. The monoisotopic (exact) mass is 360 g/mol. The maximum absolute atomic E-state index is 12.4. The standard InChI is InChI=1S/C17H20N4OS2/c1-12-10-13(2)21(20-12)7-5-16(22)19-15(17-18-6-9-24-17)11-14-4-3-8-23-14/h3-4,6,8-10,15H,5,7,11H2,1-2H3,(H,19,22). The van der Waals surface area contributed by atoms with E-state index < -0.39 is 0 Å². The van der Waals surface area contributed by atoms with E-state index in [1.807, 2.05) is 36.0 Å². The highest BCUT2D eigenvalue weighted by Gasteiger charge is 2.18. The molecule has 1 atom stereocenters. The molecule has 126 valence electrons. The van der Waals surface area contributed by atoms with Gasteiger partial charge in [0.05, 0.1) is 11.7 Å². The van der Waals surface area contributed by atoms with Gasteiger partial charge in [0, 0.05) is 41.5 Å². The molecule has 3 heterocycles. The molecule has 1 amide bonds. The van der Waals surface area contributed by atoms with Crippen molar-refractivity contribution < 1.29 is 4.79 Å². The van der Waals surface area contributed by atoms with Crippen LogP contribution in [-0.2, 0) is 17.8 Å². The van der Waals surface area contributed by atoms with Gasteiger partial charge < -0.3 is 5.32 Å². The molecule has 0 aliphatic rings. The van der Waals surface area contributed by atoms with Crippen LogP contribution in [0.5, 0.6) is 0 Å². The van der Waals surface area contributed by atoms with Crippen LogP contribution in [0.4, 0.5) is 0 Å². The van der Waals surface area contributed by atoms with Gasteiger partial charge in [-0.05, 0) is 31.4 Å². The summed E-state index contributed by atoms with van der Waals surface area (Å²) in [5.74, 6) is 0.0271. The van der Waals surface area contributed by atoms with Gasteiger partial charge in [0.2, 0.25) is 5.91 Å². The Balaban J connectivity index is 1.61. The number of aryl methyl sites for hydroxylation is 3. The van der Waals surface area contributed by atoms with Gasteiger partial charge in [0.15, 0.2) is 0 Å². The van der Waals surface area contributed by atoms with Crippen molar-refractivity contribution in [2.75, 3.05) is 0 Å². The third-order valence-electron chi connectivity index (χ3n) is 3.72. The van der Waals surface area contributed by atoms with E-state index in [0.29, 0.717) is 13.0 Å². The summed E-state index contributed by atoms with van der Waals surface area (Å²) >= 11 is 3.28. The van der Waals surface area contributed by atoms with Gasteiger partial charge in [-0.2, -0.15) is 5.10 Å². The zero-order chi connectivity index (χ0) is 16.9. The Morgan fingerprint density at radius 3 is 2.83 bits per heavy atom. The molecule has 3 rings (SSSR count). The first kappa shape index (κ1) is 16.9. The predicted molar refractivity (Wildman–Crippen MR) is 97.3 cm³/mol. The molecule has 0 saturated carbocycles. The number of nitrogens with one attached hydrogen (secondary N) is 1. The van der Waals surface area contributed by atoms with Gasteiger partial charge in [-0.15, -0.1) is 22.7 Å². The van der Waals surface area contributed by atoms with E-state index in [2.05, 4.69) is 26.8 Å². The molecular formula is C17H20N4OS2. The van der Waals surface area contributed by atoms with E-state index in [1.165, 1.54) is 4.88 Å². The number of carbonyl (C=O) groups excluding carboxylic acids is 1. The van der Waals surface area contributed by atoms with Gasteiger partial charge in [-0.1, -0.05) is 6.07 Å². The zero-order valence-electron chi connectivity index (χ0n) is 13.7. The van der Waals surface area contributed by atoms with Crippen LogP contribution in [0.15, 0.2) is 35.2 Å². The molecule has 0 bridgehead atoms. The molecule has 0 fully saturated rings. The first-order chi connectivity index (χ1) is 11.6. The number of rotatable bonds is 7. The molecule has 7 heteroatoms. The normalized spacial score (nSPS) is 12.2. The predicted octanol–water partition coefficient (Wildman–Crippen LogP) is 3.51. The summed E-state index contributed by atoms with van der Waals surface area (Å²) in [5, 5.41) is 12.5. The Labute approximate surface area is 149 Å². The first-order valence-corrected chi connectivity index (χ1v) is 9.60.